The van der Waals surface area contributed by atoms with E-state index in [4.69, 9.17) is 10.5 Å². The lowest BCUT2D eigenvalue weighted by Crippen LogP contribution is -2.44. The zero-order chi connectivity index (χ0) is 14.8. The quantitative estimate of drug-likeness (QED) is 0.888. The van der Waals surface area contributed by atoms with Gasteiger partial charge in [0.15, 0.2) is 0 Å². The van der Waals surface area contributed by atoms with E-state index in [1.165, 1.54) is 6.42 Å². The van der Waals surface area contributed by atoms with Crippen LogP contribution < -0.4 is 5.73 Å². The van der Waals surface area contributed by atoms with Gasteiger partial charge < -0.3 is 15.6 Å². The van der Waals surface area contributed by atoms with Crippen LogP contribution in [0.4, 0.5) is 5.82 Å². The Hall–Kier alpha value is -1.13. The topological polar surface area (TPSA) is 68.4 Å². The molecule has 0 radical (unpaired) electrons. The summed E-state index contributed by atoms with van der Waals surface area (Å²) in [6.45, 7) is 6.76. The van der Waals surface area contributed by atoms with Crippen LogP contribution in [0.15, 0.2) is 12.3 Å². The number of nitrogens with two attached hydrogens (primary N) is 1. The predicted molar refractivity (Wildman–Crippen MR) is 80.3 cm³/mol. The summed E-state index contributed by atoms with van der Waals surface area (Å²) in [6.07, 6.45) is 5.04. The van der Waals surface area contributed by atoms with E-state index in [9.17, 15) is 5.11 Å². The van der Waals surface area contributed by atoms with Gasteiger partial charge in [-0.2, -0.15) is 0 Å². The van der Waals surface area contributed by atoms with Gasteiger partial charge in [-0.15, -0.1) is 0 Å². The molecule has 3 atom stereocenters. The first-order valence-corrected chi connectivity index (χ1v) is 7.52. The van der Waals surface area contributed by atoms with Gasteiger partial charge >= 0.3 is 0 Å². The maximum atomic E-state index is 10.9. The summed E-state index contributed by atoms with van der Waals surface area (Å²) in [5.41, 5.74) is 7.15. The van der Waals surface area contributed by atoms with E-state index in [2.05, 4.69) is 11.9 Å². The summed E-state index contributed by atoms with van der Waals surface area (Å²) < 4.78 is 6.02. The molecule has 1 aliphatic carbocycles. The van der Waals surface area contributed by atoms with Crippen molar-refractivity contribution < 1.29 is 9.84 Å². The fraction of sp³-hybridized carbons (Fsp3) is 0.688. The van der Waals surface area contributed by atoms with E-state index < -0.39 is 11.7 Å². The van der Waals surface area contributed by atoms with Crippen molar-refractivity contribution in [3.63, 3.8) is 0 Å². The lowest BCUT2D eigenvalue weighted by atomic mass is 9.74. The van der Waals surface area contributed by atoms with E-state index in [1.807, 2.05) is 19.9 Å². The Kier molecular flexibility index (Phi) is 4.66. The van der Waals surface area contributed by atoms with Gasteiger partial charge in [-0.1, -0.05) is 19.8 Å². The highest BCUT2D eigenvalue weighted by molar-refractivity contribution is 5.43. The smallest absolute Gasteiger partial charge is 0.129 e. The van der Waals surface area contributed by atoms with Crippen molar-refractivity contribution in [2.45, 2.75) is 58.2 Å². The Morgan fingerprint density at radius 3 is 3.00 bits per heavy atom. The highest BCUT2D eigenvalue weighted by Gasteiger charge is 2.43. The molecule has 4 heteroatoms. The Balaban J connectivity index is 2.35. The number of hydrogen-bond acceptors (Lipinski definition) is 4. The number of aliphatic hydroxyl groups excluding tert-OH is 1. The van der Waals surface area contributed by atoms with Gasteiger partial charge in [-0.05, 0) is 44.2 Å². The molecule has 1 fully saturated rings. The van der Waals surface area contributed by atoms with Gasteiger partial charge in [0.25, 0.3) is 0 Å². The predicted octanol–water partition coefficient (Wildman–Crippen LogP) is 2.99. The van der Waals surface area contributed by atoms with Crippen LogP contribution in [-0.4, -0.2) is 22.3 Å². The molecule has 0 saturated heterocycles. The fourth-order valence-corrected chi connectivity index (χ4v) is 3.39. The van der Waals surface area contributed by atoms with Crippen molar-refractivity contribution in [2.75, 3.05) is 12.3 Å². The van der Waals surface area contributed by atoms with Gasteiger partial charge in [0.1, 0.15) is 11.9 Å². The number of nitrogen functional groups attached to an aromatic ring is 1. The molecule has 2 rings (SSSR count). The largest absolute Gasteiger partial charge is 0.385 e. The van der Waals surface area contributed by atoms with Crippen LogP contribution in [0.3, 0.4) is 0 Å². The summed E-state index contributed by atoms with van der Waals surface area (Å²) >= 11 is 0. The molecule has 112 valence electrons. The van der Waals surface area contributed by atoms with Crippen LogP contribution in [0.5, 0.6) is 0 Å². The molecule has 20 heavy (non-hydrogen) atoms. The fourth-order valence-electron chi connectivity index (χ4n) is 3.39. The minimum Gasteiger partial charge on any atom is -0.385 e. The van der Waals surface area contributed by atoms with Crippen LogP contribution in [0.25, 0.3) is 0 Å². The number of anilines is 1. The molecule has 0 amide bonds. The average molecular weight is 278 g/mol. The third-order valence-electron chi connectivity index (χ3n) is 4.30. The van der Waals surface area contributed by atoms with Crippen molar-refractivity contribution in [3.8, 4) is 0 Å². The van der Waals surface area contributed by atoms with Crippen LogP contribution in [-0.2, 0) is 4.74 Å². The van der Waals surface area contributed by atoms with Crippen LogP contribution >= 0.6 is 0 Å². The summed E-state index contributed by atoms with van der Waals surface area (Å²) in [4.78, 5) is 4.17. The molecule has 0 bridgehead atoms. The Morgan fingerprint density at radius 1 is 1.60 bits per heavy atom. The van der Waals surface area contributed by atoms with E-state index in [-0.39, 0.29) is 0 Å². The Labute approximate surface area is 121 Å². The number of aromatic nitrogens is 1. The molecule has 0 spiro atoms. The lowest BCUT2D eigenvalue weighted by molar-refractivity contribution is -0.149. The van der Waals surface area contributed by atoms with Crippen LogP contribution in [0.2, 0.25) is 0 Å². The van der Waals surface area contributed by atoms with Crippen molar-refractivity contribution >= 4 is 5.82 Å². The molecule has 0 aromatic carbocycles. The standard InChI is InChI=1S/C16H26N2O2/c1-4-20-16(7-5-6-11(2)9-16)14(19)13-8-12(3)10-18-15(13)17/h8,10-11,14,19H,4-7,9H2,1-3H3,(H2,17,18). The van der Waals surface area contributed by atoms with Crippen LogP contribution in [0, 0.1) is 12.8 Å². The van der Waals surface area contributed by atoms with E-state index in [0.29, 0.717) is 23.9 Å². The van der Waals surface area contributed by atoms with Crippen LogP contribution in [0.1, 0.15) is 56.8 Å². The second-order valence-electron chi connectivity index (χ2n) is 6.09. The summed E-state index contributed by atoms with van der Waals surface area (Å²) in [6, 6.07) is 1.92. The first kappa shape index (κ1) is 15.3. The van der Waals surface area contributed by atoms with Gasteiger partial charge in [0.05, 0.1) is 5.60 Å². The highest BCUT2D eigenvalue weighted by atomic mass is 16.5. The van der Waals surface area contributed by atoms with Gasteiger partial charge in [-0.3, -0.25) is 0 Å². The molecule has 1 aromatic heterocycles. The number of pyridine rings is 1. The second kappa shape index (κ2) is 6.10. The van der Waals surface area contributed by atoms with E-state index in [1.54, 1.807) is 6.20 Å². The van der Waals surface area contributed by atoms with Gasteiger partial charge in [-0.25, -0.2) is 4.98 Å². The second-order valence-corrected chi connectivity index (χ2v) is 6.09. The maximum absolute atomic E-state index is 10.9. The number of ether oxygens (including phenoxy) is 1. The van der Waals surface area contributed by atoms with Crippen molar-refractivity contribution in [1.82, 2.24) is 4.98 Å². The third kappa shape index (κ3) is 2.96. The minimum absolute atomic E-state index is 0.403. The summed E-state index contributed by atoms with van der Waals surface area (Å²) in [5.74, 6) is 0.962. The number of hydrogen-bond donors (Lipinski definition) is 2. The summed E-state index contributed by atoms with van der Waals surface area (Å²) in [5, 5.41) is 10.9. The molecule has 1 aromatic rings. The molecule has 1 aliphatic rings. The maximum Gasteiger partial charge on any atom is 0.129 e. The molecule has 0 aliphatic heterocycles. The molecular formula is C16H26N2O2. The molecule has 3 N–H and O–H groups in total. The lowest BCUT2D eigenvalue weighted by Gasteiger charge is -2.43. The van der Waals surface area contributed by atoms with E-state index >= 15 is 0 Å². The normalized spacial score (nSPS) is 28.3. The first-order valence-electron chi connectivity index (χ1n) is 7.52. The highest BCUT2D eigenvalue weighted by Crippen LogP contribution is 2.44. The number of rotatable bonds is 4. The Morgan fingerprint density at radius 2 is 2.35 bits per heavy atom. The number of nitrogens with zero attached hydrogens (tertiary/aromatic N) is 1. The van der Waals surface area contributed by atoms with Gasteiger partial charge in [0.2, 0.25) is 0 Å². The molecule has 3 unspecified atom stereocenters. The van der Waals surface area contributed by atoms with Gasteiger partial charge in [0, 0.05) is 18.4 Å². The zero-order valence-electron chi connectivity index (χ0n) is 12.7. The zero-order valence-corrected chi connectivity index (χ0v) is 12.7. The van der Waals surface area contributed by atoms with Crippen molar-refractivity contribution in [2.24, 2.45) is 5.92 Å². The molecule has 4 nitrogen and oxygen atoms in total. The monoisotopic (exact) mass is 278 g/mol. The molecule has 1 saturated carbocycles. The van der Waals surface area contributed by atoms with Crippen molar-refractivity contribution in [3.05, 3.63) is 23.4 Å². The first-order chi connectivity index (χ1) is 9.48. The Bertz CT molecular complexity index is 460. The average Bonchev–Trinajstić information content (AvgIpc) is 2.41. The van der Waals surface area contributed by atoms with E-state index in [0.717, 1.165) is 24.8 Å². The summed E-state index contributed by atoms with van der Waals surface area (Å²) in [7, 11) is 0. The SMILES string of the molecule is CCOC1(C(O)c2cc(C)cnc2N)CCCC(C)C1. The third-order valence-corrected chi connectivity index (χ3v) is 4.30. The molecular weight excluding hydrogens is 252 g/mol. The molecule has 1 heterocycles. The minimum atomic E-state index is -0.711. The van der Waals surface area contributed by atoms with Crippen molar-refractivity contribution in [1.29, 1.82) is 0 Å². The number of aryl methyl sites for hydroxylation is 1. The number of aliphatic hydroxyl groups is 1.